The molecule has 5 nitrogen and oxygen atoms in total. The van der Waals surface area contributed by atoms with Crippen molar-refractivity contribution in [2.24, 2.45) is 0 Å². The van der Waals surface area contributed by atoms with Crippen LogP contribution in [0.25, 0.3) is 0 Å². The Bertz CT molecular complexity index is 365. The van der Waals surface area contributed by atoms with Gasteiger partial charge in [0.05, 0.1) is 13.2 Å². The van der Waals surface area contributed by atoms with Crippen LogP contribution in [0.5, 0.6) is 5.75 Å². The summed E-state index contributed by atoms with van der Waals surface area (Å²) in [7, 11) is 0. The van der Waals surface area contributed by atoms with Gasteiger partial charge in [-0.25, -0.2) is 4.79 Å². The molecule has 1 rings (SSSR count). The zero-order valence-electron chi connectivity index (χ0n) is 11.4. The topological polar surface area (TPSA) is 73.6 Å². The number of hydrogen-bond acceptors (Lipinski definition) is 4. The molecule has 1 amide bonds. The molecular weight excluding hydrogens is 244 g/mol. The van der Waals surface area contributed by atoms with Crippen LogP contribution in [0.3, 0.4) is 0 Å². The predicted molar refractivity (Wildman–Crippen MR) is 75.2 cm³/mol. The summed E-state index contributed by atoms with van der Waals surface area (Å²) in [6, 6.07) is 7.22. The fraction of sp³-hybridized carbons (Fsp3) is 0.500. The van der Waals surface area contributed by atoms with E-state index in [-0.39, 0.29) is 6.09 Å². The van der Waals surface area contributed by atoms with Gasteiger partial charge >= 0.3 is 6.09 Å². The van der Waals surface area contributed by atoms with Crippen LogP contribution in [0.1, 0.15) is 26.2 Å². The molecule has 0 aliphatic rings. The highest BCUT2D eigenvalue weighted by Gasteiger charge is 2.00. The molecular formula is C14H22N2O3. The van der Waals surface area contributed by atoms with Crippen molar-refractivity contribution in [3.8, 4) is 5.75 Å². The van der Waals surface area contributed by atoms with E-state index < -0.39 is 0 Å². The Morgan fingerprint density at radius 1 is 1.21 bits per heavy atom. The largest absolute Gasteiger partial charge is 0.494 e. The maximum Gasteiger partial charge on any atom is 0.407 e. The average molecular weight is 266 g/mol. The molecule has 0 unspecified atom stereocenters. The number of anilines is 1. The molecule has 5 heteroatoms. The van der Waals surface area contributed by atoms with E-state index >= 15 is 0 Å². The Balaban J connectivity index is 2.01. The highest BCUT2D eigenvalue weighted by Crippen LogP contribution is 2.12. The molecule has 1 aromatic carbocycles. The third-order valence-corrected chi connectivity index (χ3v) is 2.47. The van der Waals surface area contributed by atoms with Crippen molar-refractivity contribution in [3.63, 3.8) is 0 Å². The molecule has 106 valence electrons. The van der Waals surface area contributed by atoms with Gasteiger partial charge in [0.25, 0.3) is 0 Å². The third kappa shape index (κ3) is 7.18. The van der Waals surface area contributed by atoms with Crippen molar-refractivity contribution in [1.82, 2.24) is 5.32 Å². The summed E-state index contributed by atoms with van der Waals surface area (Å²) in [5.41, 5.74) is 6.28. The Labute approximate surface area is 114 Å². The number of alkyl carbamates (subject to hydrolysis) is 1. The molecule has 19 heavy (non-hydrogen) atoms. The second-order valence-electron chi connectivity index (χ2n) is 4.19. The molecule has 0 saturated carbocycles. The number of hydrogen-bond donors (Lipinski definition) is 2. The number of nitrogen functional groups attached to an aromatic ring is 1. The number of rotatable bonds is 8. The van der Waals surface area contributed by atoms with E-state index in [1.54, 1.807) is 12.1 Å². The van der Waals surface area contributed by atoms with Gasteiger partial charge < -0.3 is 20.5 Å². The van der Waals surface area contributed by atoms with Gasteiger partial charge in [0.1, 0.15) is 5.75 Å². The van der Waals surface area contributed by atoms with Gasteiger partial charge in [-0.15, -0.1) is 0 Å². The summed E-state index contributed by atoms with van der Waals surface area (Å²) < 4.78 is 10.4. The van der Waals surface area contributed by atoms with Crippen LogP contribution < -0.4 is 15.8 Å². The molecule has 0 bridgehead atoms. The fourth-order valence-electron chi connectivity index (χ4n) is 1.38. The highest BCUT2D eigenvalue weighted by molar-refractivity contribution is 5.66. The minimum absolute atomic E-state index is 0.360. The molecule has 0 heterocycles. The van der Waals surface area contributed by atoms with E-state index in [4.69, 9.17) is 15.2 Å². The molecule has 0 aliphatic carbocycles. The number of amides is 1. The lowest BCUT2D eigenvalue weighted by atomic mass is 10.3. The Morgan fingerprint density at radius 3 is 2.63 bits per heavy atom. The molecule has 0 aromatic heterocycles. The first kappa shape index (κ1) is 15.1. The maximum atomic E-state index is 11.2. The van der Waals surface area contributed by atoms with E-state index in [0.29, 0.717) is 25.4 Å². The molecule has 0 radical (unpaired) electrons. The lowest BCUT2D eigenvalue weighted by Crippen LogP contribution is -2.26. The second kappa shape index (κ2) is 9.08. The van der Waals surface area contributed by atoms with E-state index in [1.807, 2.05) is 12.1 Å². The SMILES string of the molecule is CCCCOC(=O)NCCCOc1ccc(N)cc1. The summed E-state index contributed by atoms with van der Waals surface area (Å²) in [5, 5.41) is 2.68. The zero-order chi connectivity index (χ0) is 13.9. The fourth-order valence-corrected chi connectivity index (χ4v) is 1.38. The third-order valence-electron chi connectivity index (χ3n) is 2.47. The van der Waals surface area contributed by atoms with E-state index in [1.165, 1.54) is 0 Å². The van der Waals surface area contributed by atoms with E-state index in [0.717, 1.165) is 25.0 Å². The minimum atomic E-state index is -0.360. The maximum absolute atomic E-state index is 11.2. The van der Waals surface area contributed by atoms with Gasteiger partial charge in [-0.2, -0.15) is 0 Å². The first-order chi connectivity index (χ1) is 9.22. The first-order valence-corrected chi connectivity index (χ1v) is 6.61. The van der Waals surface area contributed by atoms with Crippen LogP contribution >= 0.6 is 0 Å². The van der Waals surface area contributed by atoms with Crippen LogP contribution in [-0.2, 0) is 4.74 Å². The van der Waals surface area contributed by atoms with Crippen LogP contribution in [0.15, 0.2) is 24.3 Å². The number of carbonyl (C=O) groups excluding carboxylic acids is 1. The van der Waals surface area contributed by atoms with Crippen molar-refractivity contribution < 1.29 is 14.3 Å². The van der Waals surface area contributed by atoms with E-state index in [2.05, 4.69) is 12.2 Å². The lowest BCUT2D eigenvalue weighted by molar-refractivity contribution is 0.144. The summed E-state index contributed by atoms with van der Waals surface area (Å²) in [6.45, 7) is 3.61. The molecule has 0 aliphatic heterocycles. The van der Waals surface area contributed by atoms with Crippen molar-refractivity contribution >= 4 is 11.8 Å². The van der Waals surface area contributed by atoms with Crippen LogP contribution in [0, 0.1) is 0 Å². The molecule has 0 fully saturated rings. The van der Waals surface area contributed by atoms with Crippen molar-refractivity contribution in [3.05, 3.63) is 24.3 Å². The minimum Gasteiger partial charge on any atom is -0.494 e. The van der Waals surface area contributed by atoms with Gasteiger partial charge in [-0.1, -0.05) is 13.3 Å². The van der Waals surface area contributed by atoms with Gasteiger partial charge in [-0.05, 0) is 37.1 Å². The Hall–Kier alpha value is -1.91. The van der Waals surface area contributed by atoms with E-state index in [9.17, 15) is 4.79 Å². The normalized spacial score (nSPS) is 9.95. The molecule has 0 saturated heterocycles. The zero-order valence-corrected chi connectivity index (χ0v) is 11.4. The van der Waals surface area contributed by atoms with Crippen molar-refractivity contribution in [1.29, 1.82) is 0 Å². The van der Waals surface area contributed by atoms with Crippen LogP contribution in [0.2, 0.25) is 0 Å². The van der Waals surface area contributed by atoms with Crippen LogP contribution in [-0.4, -0.2) is 25.9 Å². The van der Waals surface area contributed by atoms with Gasteiger partial charge in [0.2, 0.25) is 0 Å². The monoisotopic (exact) mass is 266 g/mol. The quantitative estimate of drug-likeness (QED) is 0.560. The number of ether oxygens (including phenoxy) is 2. The summed E-state index contributed by atoms with van der Waals surface area (Å²) in [6.07, 6.45) is 2.28. The standard InChI is InChI=1S/C14H22N2O3/c1-2-3-10-19-14(17)16-9-4-11-18-13-7-5-12(15)6-8-13/h5-8H,2-4,9-11,15H2,1H3,(H,16,17). The van der Waals surface area contributed by atoms with Crippen molar-refractivity contribution in [2.45, 2.75) is 26.2 Å². The molecule has 0 spiro atoms. The lowest BCUT2D eigenvalue weighted by Gasteiger charge is -2.08. The Morgan fingerprint density at radius 2 is 1.95 bits per heavy atom. The number of unbranched alkanes of at least 4 members (excludes halogenated alkanes) is 1. The smallest absolute Gasteiger partial charge is 0.407 e. The number of benzene rings is 1. The highest BCUT2D eigenvalue weighted by atomic mass is 16.5. The second-order valence-corrected chi connectivity index (χ2v) is 4.19. The number of carbonyl (C=O) groups is 1. The van der Waals surface area contributed by atoms with Gasteiger partial charge in [0, 0.05) is 12.2 Å². The van der Waals surface area contributed by atoms with Crippen molar-refractivity contribution in [2.75, 3.05) is 25.5 Å². The first-order valence-electron chi connectivity index (χ1n) is 6.61. The molecule has 0 atom stereocenters. The Kier molecular flexibility index (Phi) is 7.24. The number of nitrogens with two attached hydrogens (primary N) is 1. The number of nitrogens with one attached hydrogen (secondary N) is 1. The molecule has 3 N–H and O–H groups in total. The average Bonchev–Trinajstić information content (AvgIpc) is 2.41. The summed E-state index contributed by atoms with van der Waals surface area (Å²) >= 11 is 0. The van der Waals surface area contributed by atoms with Crippen LogP contribution in [0.4, 0.5) is 10.5 Å². The van der Waals surface area contributed by atoms with Gasteiger partial charge in [-0.3, -0.25) is 0 Å². The predicted octanol–water partition coefficient (Wildman–Crippen LogP) is 2.56. The molecule has 1 aromatic rings. The summed E-state index contributed by atoms with van der Waals surface area (Å²) in [4.78, 5) is 11.2. The summed E-state index contributed by atoms with van der Waals surface area (Å²) in [5.74, 6) is 0.778. The van der Waals surface area contributed by atoms with Gasteiger partial charge in [0.15, 0.2) is 0 Å².